The fourth-order valence-corrected chi connectivity index (χ4v) is 0.834. The first-order chi connectivity index (χ1) is 6.20. The van der Waals surface area contributed by atoms with E-state index in [9.17, 15) is 4.79 Å². The van der Waals surface area contributed by atoms with Gasteiger partial charge < -0.3 is 15.6 Å². The number of hydrogen-bond donors (Lipinski definition) is 2. The van der Waals surface area contributed by atoms with Crippen molar-refractivity contribution >= 4 is 5.91 Å². The first-order valence-electron chi connectivity index (χ1n) is 4.14. The van der Waals surface area contributed by atoms with Crippen LogP contribution in [0, 0.1) is 0 Å². The van der Waals surface area contributed by atoms with Crippen molar-refractivity contribution < 1.29 is 9.32 Å². The van der Waals surface area contributed by atoms with Gasteiger partial charge in [-0.05, 0) is 13.3 Å². The molecular formula is C8H13N3O2. The zero-order chi connectivity index (χ0) is 9.68. The van der Waals surface area contributed by atoms with Gasteiger partial charge in [0.1, 0.15) is 6.26 Å². The van der Waals surface area contributed by atoms with Gasteiger partial charge >= 0.3 is 0 Å². The van der Waals surface area contributed by atoms with Crippen LogP contribution >= 0.6 is 0 Å². The maximum absolute atomic E-state index is 11.2. The van der Waals surface area contributed by atoms with Crippen LogP contribution in [0.5, 0.6) is 0 Å². The summed E-state index contributed by atoms with van der Waals surface area (Å²) in [6, 6.07) is 1.61. The Balaban J connectivity index is 2.27. The van der Waals surface area contributed by atoms with Crippen LogP contribution in [-0.4, -0.2) is 23.7 Å². The average molecular weight is 183 g/mol. The molecule has 0 spiro atoms. The van der Waals surface area contributed by atoms with Gasteiger partial charge in [-0.25, -0.2) is 0 Å². The standard InChI is InChI=1S/C8H13N3O2/c1-6(9)2-4-10-8(12)7-3-5-13-11-7/h3,5-6H,2,4,9H2,1H3,(H,10,12). The molecule has 13 heavy (non-hydrogen) atoms. The molecule has 0 saturated heterocycles. The van der Waals surface area contributed by atoms with Gasteiger partial charge in [-0.2, -0.15) is 0 Å². The molecule has 5 nitrogen and oxygen atoms in total. The molecule has 1 heterocycles. The monoisotopic (exact) mass is 183 g/mol. The van der Waals surface area contributed by atoms with Crippen LogP contribution in [0.3, 0.4) is 0 Å². The molecule has 0 aromatic carbocycles. The second-order valence-corrected chi connectivity index (χ2v) is 2.91. The van der Waals surface area contributed by atoms with Crippen molar-refractivity contribution in [1.82, 2.24) is 10.5 Å². The summed E-state index contributed by atoms with van der Waals surface area (Å²) in [6.45, 7) is 2.45. The molecule has 0 aliphatic heterocycles. The van der Waals surface area contributed by atoms with Crippen molar-refractivity contribution in [3.8, 4) is 0 Å². The lowest BCUT2D eigenvalue weighted by molar-refractivity contribution is 0.0944. The second kappa shape index (κ2) is 4.61. The Morgan fingerprint density at radius 3 is 3.15 bits per heavy atom. The largest absolute Gasteiger partial charge is 0.364 e. The van der Waals surface area contributed by atoms with Crippen LogP contribution in [0.2, 0.25) is 0 Å². The van der Waals surface area contributed by atoms with E-state index in [1.807, 2.05) is 6.92 Å². The minimum absolute atomic E-state index is 0.0950. The van der Waals surface area contributed by atoms with E-state index in [4.69, 9.17) is 5.73 Å². The van der Waals surface area contributed by atoms with Gasteiger partial charge in [0, 0.05) is 18.7 Å². The third kappa shape index (κ3) is 3.25. The van der Waals surface area contributed by atoms with Crippen molar-refractivity contribution in [3.63, 3.8) is 0 Å². The molecule has 0 saturated carbocycles. The highest BCUT2D eigenvalue weighted by molar-refractivity contribution is 5.91. The molecule has 0 bridgehead atoms. The Morgan fingerprint density at radius 2 is 2.62 bits per heavy atom. The molecule has 0 radical (unpaired) electrons. The molecule has 1 aromatic rings. The molecule has 1 aromatic heterocycles. The fourth-order valence-electron chi connectivity index (χ4n) is 0.834. The molecule has 1 atom stereocenters. The van der Waals surface area contributed by atoms with Gasteiger partial charge in [0.05, 0.1) is 0 Å². The van der Waals surface area contributed by atoms with Crippen molar-refractivity contribution in [3.05, 3.63) is 18.0 Å². The topological polar surface area (TPSA) is 81.1 Å². The summed E-state index contributed by atoms with van der Waals surface area (Å²) >= 11 is 0. The summed E-state index contributed by atoms with van der Waals surface area (Å²) in [5.41, 5.74) is 5.81. The minimum atomic E-state index is -0.227. The normalized spacial score (nSPS) is 12.5. The van der Waals surface area contributed by atoms with Gasteiger partial charge in [0.25, 0.3) is 5.91 Å². The summed E-state index contributed by atoms with van der Waals surface area (Å²) in [5, 5.41) is 6.17. The first-order valence-corrected chi connectivity index (χ1v) is 4.14. The number of hydrogen-bond acceptors (Lipinski definition) is 4. The predicted molar refractivity (Wildman–Crippen MR) is 47.1 cm³/mol. The van der Waals surface area contributed by atoms with E-state index in [2.05, 4.69) is 15.0 Å². The van der Waals surface area contributed by atoms with Crippen LogP contribution in [0.1, 0.15) is 23.8 Å². The molecule has 1 amide bonds. The van der Waals surface area contributed by atoms with E-state index in [0.29, 0.717) is 12.2 Å². The minimum Gasteiger partial charge on any atom is -0.364 e. The van der Waals surface area contributed by atoms with Gasteiger partial charge in [-0.1, -0.05) is 5.16 Å². The second-order valence-electron chi connectivity index (χ2n) is 2.91. The van der Waals surface area contributed by atoms with Crippen LogP contribution < -0.4 is 11.1 Å². The average Bonchev–Trinajstić information content (AvgIpc) is 2.55. The van der Waals surface area contributed by atoms with Crippen molar-refractivity contribution in [2.45, 2.75) is 19.4 Å². The fraction of sp³-hybridized carbons (Fsp3) is 0.500. The smallest absolute Gasteiger partial charge is 0.273 e. The number of carbonyl (C=O) groups is 1. The number of nitrogens with one attached hydrogen (secondary N) is 1. The molecule has 0 fully saturated rings. The number of nitrogens with two attached hydrogens (primary N) is 1. The van der Waals surface area contributed by atoms with Gasteiger partial charge in [0.2, 0.25) is 0 Å². The van der Waals surface area contributed by atoms with Crippen LogP contribution in [0.25, 0.3) is 0 Å². The number of amides is 1. The Kier molecular flexibility index (Phi) is 3.45. The predicted octanol–water partition coefficient (Wildman–Crippen LogP) is 0.142. The van der Waals surface area contributed by atoms with E-state index in [1.54, 1.807) is 0 Å². The van der Waals surface area contributed by atoms with Crippen molar-refractivity contribution in [2.24, 2.45) is 5.73 Å². The highest BCUT2D eigenvalue weighted by Gasteiger charge is 2.07. The number of aromatic nitrogens is 1. The molecule has 0 aliphatic rings. The van der Waals surface area contributed by atoms with E-state index in [0.717, 1.165) is 6.42 Å². The van der Waals surface area contributed by atoms with E-state index in [-0.39, 0.29) is 11.9 Å². The summed E-state index contributed by atoms with van der Waals surface area (Å²) in [6.07, 6.45) is 2.12. The number of carbonyl (C=O) groups excluding carboxylic acids is 1. The third-order valence-electron chi connectivity index (χ3n) is 1.56. The SMILES string of the molecule is CC(N)CCNC(=O)c1ccon1. The summed E-state index contributed by atoms with van der Waals surface area (Å²) in [4.78, 5) is 11.2. The van der Waals surface area contributed by atoms with E-state index >= 15 is 0 Å². The summed E-state index contributed by atoms with van der Waals surface area (Å²) < 4.78 is 4.53. The maximum Gasteiger partial charge on any atom is 0.273 e. The van der Waals surface area contributed by atoms with E-state index < -0.39 is 0 Å². The molecule has 1 unspecified atom stereocenters. The zero-order valence-corrected chi connectivity index (χ0v) is 7.49. The molecule has 3 N–H and O–H groups in total. The lowest BCUT2D eigenvalue weighted by Gasteiger charge is -2.04. The van der Waals surface area contributed by atoms with Gasteiger partial charge in [-0.15, -0.1) is 0 Å². The summed E-state index contributed by atoms with van der Waals surface area (Å²) in [7, 11) is 0. The molecule has 1 rings (SSSR count). The molecule has 5 heteroatoms. The number of rotatable bonds is 4. The number of nitrogens with zero attached hydrogens (tertiary/aromatic N) is 1. The third-order valence-corrected chi connectivity index (χ3v) is 1.56. The lowest BCUT2D eigenvalue weighted by Crippen LogP contribution is -2.29. The Labute approximate surface area is 76.3 Å². The maximum atomic E-state index is 11.2. The molecule has 0 aliphatic carbocycles. The first kappa shape index (κ1) is 9.73. The van der Waals surface area contributed by atoms with Crippen molar-refractivity contribution in [2.75, 3.05) is 6.54 Å². The van der Waals surface area contributed by atoms with Crippen LogP contribution in [-0.2, 0) is 0 Å². The van der Waals surface area contributed by atoms with Gasteiger partial charge in [-0.3, -0.25) is 4.79 Å². The van der Waals surface area contributed by atoms with Crippen molar-refractivity contribution in [1.29, 1.82) is 0 Å². The molecule has 72 valence electrons. The lowest BCUT2D eigenvalue weighted by atomic mass is 10.2. The van der Waals surface area contributed by atoms with Gasteiger partial charge in [0.15, 0.2) is 5.69 Å². The summed E-state index contributed by atoms with van der Waals surface area (Å²) in [5.74, 6) is -0.227. The Hall–Kier alpha value is -1.36. The quantitative estimate of drug-likeness (QED) is 0.695. The molecular weight excluding hydrogens is 170 g/mol. The Morgan fingerprint density at radius 1 is 1.85 bits per heavy atom. The van der Waals surface area contributed by atoms with Crippen LogP contribution in [0.15, 0.2) is 16.9 Å². The highest BCUT2D eigenvalue weighted by Crippen LogP contribution is 1.93. The van der Waals surface area contributed by atoms with E-state index in [1.165, 1.54) is 12.3 Å². The van der Waals surface area contributed by atoms with Crippen LogP contribution in [0.4, 0.5) is 0 Å². The highest BCUT2D eigenvalue weighted by atomic mass is 16.5. The zero-order valence-electron chi connectivity index (χ0n) is 7.49. The Bertz CT molecular complexity index is 256.